The third-order valence-electron chi connectivity index (χ3n) is 3.53. The topological polar surface area (TPSA) is 74.6 Å². The maximum atomic E-state index is 10.1. The van der Waals surface area contributed by atoms with Crippen LogP contribution in [-0.4, -0.2) is 47.8 Å². The highest BCUT2D eigenvalue weighted by molar-refractivity contribution is 5.66. The first-order valence-electron chi connectivity index (χ1n) is 8.98. The zero-order valence-corrected chi connectivity index (χ0v) is 15.9. The average Bonchev–Trinajstić information content (AvgIpc) is 2.49. The molecule has 0 atom stereocenters. The second-order valence-corrected chi connectivity index (χ2v) is 7.34. The Balaban J connectivity index is 0.000000472. The van der Waals surface area contributed by atoms with Crippen LogP contribution in [0.25, 0.3) is 0 Å². The zero-order valence-electron chi connectivity index (χ0n) is 15.9. The molecule has 0 saturated heterocycles. The van der Waals surface area contributed by atoms with Gasteiger partial charge in [-0.1, -0.05) is 56.0 Å². The highest BCUT2D eigenvalue weighted by Crippen LogP contribution is 2.08. The summed E-state index contributed by atoms with van der Waals surface area (Å²) in [5, 5.41) is 16.7. The first kappa shape index (κ1) is 23.1. The summed E-state index contributed by atoms with van der Waals surface area (Å²) in [4.78, 5) is 20.3. The number of aliphatic carboxylic acids is 2. The zero-order chi connectivity index (χ0) is 19.1. The van der Waals surface area contributed by atoms with Crippen LogP contribution in [0.1, 0.15) is 56.9 Å². The SMILES string of the molecule is C[N+](C)(C)Cc1ccccc1.O=C(O)CCCCCCCCC(=O)O. The average molecular weight is 352 g/mol. The van der Waals surface area contributed by atoms with E-state index in [0.717, 1.165) is 49.6 Å². The molecule has 0 bridgehead atoms. The Labute approximate surface area is 151 Å². The van der Waals surface area contributed by atoms with E-state index < -0.39 is 11.9 Å². The summed E-state index contributed by atoms with van der Waals surface area (Å²) in [5.41, 5.74) is 1.40. The van der Waals surface area contributed by atoms with Gasteiger partial charge in [-0.25, -0.2) is 0 Å². The molecule has 0 aliphatic rings. The van der Waals surface area contributed by atoms with Crippen molar-refractivity contribution >= 4 is 11.9 Å². The predicted octanol–water partition coefficient (Wildman–Crippen LogP) is 4.17. The Morgan fingerprint density at radius 2 is 1.16 bits per heavy atom. The maximum absolute atomic E-state index is 10.1. The van der Waals surface area contributed by atoms with Crippen LogP contribution in [0.2, 0.25) is 0 Å². The summed E-state index contributed by atoms with van der Waals surface area (Å²) in [6, 6.07) is 10.6. The molecule has 0 radical (unpaired) electrons. The van der Waals surface area contributed by atoms with E-state index in [1.807, 2.05) is 0 Å². The Hall–Kier alpha value is -1.88. The first-order chi connectivity index (χ1) is 11.7. The van der Waals surface area contributed by atoms with Crippen molar-refractivity contribution < 1.29 is 24.3 Å². The lowest BCUT2D eigenvalue weighted by Gasteiger charge is -2.23. The predicted molar refractivity (Wildman–Crippen MR) is 100 cm³/mol. The quantitative estimate of drug-likeness (QED) is 0.463. The molecule has 0 aromatic heterocycles. The molecular formula is C20H34NO4+. The number of carboxylic acids is 2. The van der Waals surface area contributed by atoms with E-state index in [-0.39, 0.29) is 12.8 Å². The summed E-state index contributed by atoms with van der Waals surface area (Å²) >= 11 is 0. The number of rotatable bonds is 11. The van der Waals surface area contributed by atoms with Crippen molar-refractivity contribution in [3.63, 3.8) is 0 Å². The van der Waals surface area contributed by atoms with Crippen molar-refractivity contribution in [2.45, 2.75) is 57.9 Å². The Bertz CT molecular complexity index is 460. The van der Waals surface area contributed by atoms with Gasteiger partial charge in [-0.2, -0.15) is 0 Å². The lowest BCUT2D eigenvalue weighted by atomic mass is 10.1. The smallest absolute Gasteiger partial charge is 0.303 e. The summed E-state index contributed by atoms with van der Waals surface area (Å²) in [6.07, 6.45) is 5.82. The van der Waals surface area contributed by atoms with Gasteiger partial charge in [0.05, 0.1) is 21.1 Å². The van der Waals surface area contributed by atoms with Crippen LogP contribution in [-0.2, 0) is 16.1 Å². The number of benzene rings is 1. The first-order valence-corrected chi connectivity index (χ1v) is 8.98. The molecule has 0 saturated carbocycles. The normalized spacial score (nSPS) is 10.7. The van der Waals surface area contributed by atoms with Crippen LogP contribution in [0.5, 0.6) is 0 Å². The lowest BCUT2D eigenvalue weighted by Crippen LogP contribution is -2.33. The summed E-state index contributed by atoms with van der Waals surface area (Å²) in [7, 11) is 6.60. The molecule has 2 N–H and O–H groups in total. The molecule has 0 aliphatic carbocycles. The van der Waals surface area contributed by atoms with Crippen molar-refractivity contribution in [2.75, 3.05) is 21.1 Å². The molecular weight excluding hydrogens is 318 g/mol. The molecule has 1 rings (SSSR count). The Morgan fingerprint density at radius 1 is 0.760 bits per heavy atom. The molecule has 0 heterocycles. The van der Waals surface area contributed by atoms with Gasteiger partial charge in [-0.3, -0.25) is 9.59 Å². The van der Waals surface area contributed by atoms with Gasteiger partial charge in [0.2, 0.25) is 0 Å². The fraction of sp³-hybridized carbons (Fsp3) is 0.600. The van der Waals surface area contributed by atoms with Crippen molar-refractivity contribution in [1.82, 2.24) is 0 Å². The fourth-order valence-corrected chi connectivity index (χ4v) is 2.39. The van der Waals surface area contributed by atoms with Crippen LogP contribution < -0.4 is 0 Å². The van der Waals surface area contributed by atoms with Crippen molar-refractivity contribution in [3.8, 4) is 0 Å². The van der Waals surface area contributed by atoms with E-state index in [0.29, 0.717) is 0 Å². The largest absolute Gasteiger partial charge is 0.481 e. The molecule has 1 aromatic rings. The molecule has 1 aromatic carbocycles. The van der Waals surface area contributed by atoms with Gasteiger partial charge < -0.3 is 14.7 Å². The minimum absolute atomic E-state index is 0.245. The number of hydrogen-bond donors (Lipinski definition) is 2. The maximum Gasteiger partial charge on any atom is 0.303 e. The van der Waals surface area contributed by atoms with E-state index >= 15 is 0 Å². The van der Waals surface area contributed by atoms with Crippen LogP contribution in [0.4, 0.5) is 0 Å². The van der Waals surface area contributed by atoms with E-state index in [1.54, 1.807) is 0 Å². The number of nitrogens with zero attached hydrogens (tertiary/aromatic N) is 1. The number of unbranched alkanes of at least 4 members (excludes halogenated alkanes) is 5. The van der Waals surface area contributed by atoms with Crippen LogP contribution in [0.15, 0.2) is 30.3 Å². The van der Waals surface area contributed by atoms with Crippen LogP contribution in [0, 0.1) is 0 Å². The second-order valence-electron chi connectivity index (χ2n) is 7.34. The number of carboxylic acid groups (broad SMARTS) is 2. The Morgan fingerprint density at radius 3 is 1.52 bits per heavy atom. The minimum Gasteiger partial charge on any atom is -0.481 e. The van der Waals surface area contributed by atoms with Gasteiger partial charge >= 0.3 is 11.9 Å². The third-order valence-corrected chi connectivity index (χ3v) is 3.53. The fourth-order valence-electron chi connectivity index (χ4n) is 2.39. The standard InChI is InChI=1S/C10H16N.C10H18O4/c1-11(2,3)9-10-7-5-4-6-8-10;11-9(12)7-5-3-1-2-4-6-8-10(13)14/h4-8H,9H2,1-3H3;1-8H2,(H,11,12)(H,13,14)/q+1;. The van der Waals surface area contributed by atoms with Crippen molar-refractivity contribution in [1.29, 1.82) is 0 Å². The van der Waals surface area contributed by atoms with E-state index in [9.17, 15) is 9.59 Å². The highest BCUT2D eigenvalue weighted by Gasteiger charge is 2.06. The van der Waals surface area contributed by atoms with E-state index in [1.165, 1.54) is 5.56 Å². The molecule has 5 nitrogen and oxygen atoms in total. The second kappa shape index (κ2) is 13.4. The molecule has 0 aliphatic heterocycles. The molecule has 0 amide bonds. The van der Waals surface area contributed by atoms with Gasteiger partial charge in [0.1, 0.15) is 6.54 Å². The van der Waals surface area contributed by atoms with E-state index in [4.69, 9.17) is 10.2 Å². The number of carbonyl (C=O) groups is 2. The molecule has 142 valence electrons. The van der Waals surface area contributed by atoms with Gasteiger partial charge in [-0.05, 0) is 12.8 Å². The monoisotopic (exact) mass is 352 g/mol. The molecule has 0 unspecified atom stereocenters. The van der Waals surface area contributed by atoms with Crippen molar-refractivity contribution in [2.24, 2.45) is 0 Å². The highest BCUT2D eigenvalue weighted by atomic mass is 16.4. The third kappa shape index (κ3) is 18.3. The summed E-state index contributed by atoms with van der Waals surface area (Å²) in [6.45, 7) is 1.10. The summed E-state index contributed by atoms with van der Waals surface area (Å²) in [5.74, 6) is -1.48. The van der Waals surface area contributed by atoms with E-state index in [2.05, 4.69) is 51.5 Å². The Kier molecular flexibility index (Phi) is 12.4. The van der Waals surface area contributed by atoms with Crippen LogP contribution >= 0.6 is 0 Å². The number of hydrogen-bond acceptors (Lipinski definition) is 2. The van der Waals surface area contributed by atoms with Crippen molar-refractivity contribution in [3.05, 3.63) is 35.9 Å². The lowest BCUT2D eigenvalue weighted by molar-refractivity contribution is -0.884. The molecule has 25 heavy (non-hydrogen) atoms. The minimum atomic E-state index is -0.740. The van der Waals surface area contributed by atoms with Gasteiger partial charge in [0, 0.05) is 18.4 Å². The summed E-state index contributed by atoms with van der Waals surface area (Å²) < 4.78 is 0.990. The van der Waals surface area contributed by atoms with Crippen LogP contribution in [0.3, 0.4) is 0 Å². The molecule has 0 fully saturated rings. The van der Waals surface area contributed by atoms with Gasteiger partial charge in [0.15, 0.2) is 0 Å². The van der Waals surface area contributed by atoms with Gasteiger partial charge in [0.25, 0.3) is 0 Å². The van der Waals surface area contributed by atoms with Gasteiger partial charge in [-0.15, -0.1) is 0 Å². The molecule has 0 spiro atoms. The number of quaternary nitrogens is 1. The molecule has 5 heteroatoms.